The SMILES string of the molecule is CC1CCC2(O)C(=O)OC(C)C2C1/C=C/c1ccc(-c2cccc(C#N)c2)cn1. The van der Waals surface area contributed by atoms with Crippen LogP contribution in [0.5, 0.6) is 0 Å². The van der Waals surface area contributed by atoms with Gasteiger partial charge in [0.25, 0.3) is 0 Å². The fourth-order valence-electron chi connectivity index (χ4n) is 4.72. The van der Waals surface area contributed by atoms with Crippen LogP contribution in [0.15, 0.2) is 48.7 Å². The lowest BCUT2D eigenvalue weighted by atomic mass is 9.64. The Bertz CT molecular complexity index is 992. The summed E-state index contributed by atoms with van der Waals surface area (Å²) in [6.45, 7) is 4.02. The van der Waals surface area contributed by atoms with Gasteiger partial charge in [-0.15, -0.1) is 0 Å². The first-order valence-electron chi connectivity index (χ1n) is 10.0. The van der Waals surface area contributed by atoms with Crippen LogP contribution in [-0.2, 0) is 9.53 Å². The van der Waals surface area contributed by atoms with E-state index in [0.29, 0.717) is 17.9 Å². The Balaban J connectivity index is 1.55. The van der Waals surface area contributed by atoms with E-state index in [2.05, 4.69) is 24.1 Å². The van der Waals surface area contributed by atoms with E-state index in [1.165, 1.54) is 0 Å². The quantitative estimate of drug-likeness (QED) is 0.805. The van der Waals surface area contributed by atoms with Gasteiger partial charge in [-0.25, -0.2) is 4.79 Å². The third-order valence-corrected chi connectivity index (χ3v) is 6.36. The Morgan fingerprint density at radius 1 is 1.28 bits per heavy atom. The van der Waals surface area contributed by atoms with Crippen molar-refractivity contribution in [3.8, 4) is 17.2 Å². The number of pyridine rings is 1. The third-order valence-electron chi connectivity index (χ3n) is 6.36. The molecular formula is C24H24N2O3. The zero-order chi connectivity index (χ0) is 20.6. The maximum Gasteiger partial charge on any atom is 0.338 e. The molecule has 0 radical (unpaired) electrons. The molecule has 2 heterocycles. The number of carbonyl (C=O) groups is 1. The number of cyclic esters (lactones) is 1. The third kappa shape index (κ3) is 3.45. The van der Waals surface area contributed by atoms with Gasteiger partial charge >= 0.3 is 5.97 Å². The van der Waals surface area contributed by atoms with Crippen molar-refractivity contribution in [3.63, 3.8) is 0 Å². The molecule has 2 fully saturated rings. The zero-order valence-electron chi connectivity index (χ0n) is 16.6. The molecule has 1 saturated heterocycles. The van der Waals surface area contributed by atoms with E-state index in [0.717, 1.165) is 23.2 Å². The summed E-state index contributed by atoms with van der Waals surface area (Å²) in [4.78, 5) is 16.7. The van der Waals surface area contributed by atoms with Crippen molar-refractivity contribution in [2.45, 2.75) is 38.4 Å². The molecular weight excluding hydrogens is 364 g/mol. The van der Waals surface area contributed by atoms with Crippen molar-refractivity contribution in [1.29, 1.82) is 5.26 Å². The van der Waals surface area contributed by atoms with Crippen molar-refractivity contribution in [2.75, 3.05) is 0 Å². The Kier molecular flexibility index (Phi) is 4.97. The highest BCUT2D eigenvalue weighted by Crippen LogP contribution is 2.49. The van der Waals surface area contributed by atoms with Crippen molar-refractivity contribution < 1.29 is 14.6 Å². The summed E-state index contributed by atoms with van der Waals surface area (Å²) in [6.07, 6.45) is 6.76. The molecule has 1 aliphatic carbocycles. The van der Waals surface area contributed by atoms with Crippen LogP contribution >= 0.6 is 0 Å². The standard InChI is InChI=1S/C24H24N2O3/c1-15-10-11-24(28)22(16(2)29-23(24)27)21(15)9-8-20-7-6-19(14-26-20)18-5-3-4-17(12-18)13-25/h3-9,12,14-16,21-22,28H,10-11H2,1-2H3/b9-8+. The normalized spacial score (nSPS) is 31.3. The lowest BCUT2D eigenvalue weighted by molar-refractivity contribution is -0.158. The summed E-state index contributed by atoms with van der Waals surface area (Å²) >= 11 is 0. The minimum absolute atomic E-state index is 0.0454. The smallest absolute Gasteiger partial charge is 0.338 e. The van der Waals surface area contributed by atoms with Crippen LogP contribution in [-0.4, -0.2) is 27.8 Å². The number of nitriles is 1. The Hall–Kier alpha value is -2.97. The highest BCUT2D eigenvalue weighted by atomic mass is 16.6. The number of aromatic nitrogens is 1. The van der Waals surface area contributed by atoms with Crippen LogP contribution < -0.4 is 0 Å². The Morgan fingerprint density at radius 3 is 2.83 bits per heavy atom. The summed E-state index contributed by atoms with van der Waals surface area (Å²) in [5.41, 5.74) is 1.96. The number of nitrogens with zero attached hydrogens (tertiary/aromatic N) is 2. The van der Waals surface area contributed by atoms with E-state index in [4.69, 9.17) is 10.00 Å². The molecule has 5 nitrogen and oxygen atoms in total. The lowest BCUT2D eigenvalue weighted by Crippen LogP contribution is -2.50. The van der Waals surface area contributed by atoms with Crippen LogP contribution in [0.25, 0.3) is 17.2 Å². The van der Waals surface area contributed by atoms with E-state index < -0.39 is 11.6 Å². The molecule has 4 rings (SSSR count). The van der Waals surface area contributed by atoms with Gasteiger partial charge < -0.3 is 9.84 Å². The average molecular weight is 388 g/mol. The molecule has 0 spiro atoms. The molecule has 1 N–H and O–H groups in total. The molecule has 148 valence electrons. The number of aliphatic hydroxyl groups is 1. The van der Waals surface area contributed by atoms with Crippen molar-refractivity contribution in [3.05, 3.63) is 59.9 Å². The monoisotopic (exact) mass is 388 g/mol. The van der Waals surface area contributed by atoms with Crippen LogP contribution in [0, 0.1) is 29.1 Å². The fourth-order valence-corrected chi connectivity index (χ4v) is 4.72. The molecule has 2 aromatic rings. The minimum atomic E-state index is -1.37. The maximum atomic E-state index is 12.2. The summed E-state index contributed by atoms with van der Waals surface area (Å²) in [5, 5.41) is 20.0. The van der Waals surface area contributed by atoms with E-state index in [9.17, 15) is 9.90 Å². The number of benzene rings is 1. The predicted octanol–water partition coefficient (Wildman–Crippen LogP) is 3.97. The van der Waals surface area contributed by atoms with E-state index in [-0.39, 0.29) is 17.9 Å². The van der Waals surface area contributed by atoms with Crippen LogP contribution in [0.4, 0.5) is 0 Å². The Labute approximate surface area is 170 Å². The maximum absolute atomic E-state index is 12.2. The first-order valence-corrected chi connectivity index (χ1v) is 10.0. The molecule has 1 aromatic heterocycles. The van der Waals surface area contributed by atoms with E-state index in [1.807, 2.05) is 43.3 Å². The van der Waals surface area contributed by atoms with Gasteiger partial charge in [0.1, 0.15) is 6.10 Å². The van der Waals surface area contributed by atoms with Crippen LogP contribution in [0.1, 0.15) is 37.9 Å². The molecule has 29 heavy (non-hydrogen) atoms. The molecule has 1 aromatic carbocycles. The second-order valence-corrected chi connectivity index (χ2v) is 8.18. The van der Waals surface area contributed by atoms with Gasteiger partial charge in [0.15, 0.2) is 5.60 Å². The topological polar surface area (TPSA) is 83.2 Å². The number of hydrogen-bond donors (Lipinski definition) is 1. The second-order valence-electron chi connectivity index (χ2n) is 8.18. The first-order chi connectivity index (χ1) is 13.9. The van der Waals surface area contributed by atoms with Crippen LogP contribution in [0.2, 0.25) is 0 Å². The number of rotatable bonds is 3. The molecule has 5 atom stereocenters. The fraction of sp³-hybridized carbons (Fsp3) is 0.375. The highest BCUT2D eigenvalue weighted by molar-refractivity contribution is 5.82. The van der Waals surface area contributed by atoms with E-state index in [1.54, 1.807) is 12.3 Å². The van der Waals surface area contributed by atoms with Gasteiger partial charge in [0.2, 0.25) is 0 Å². The number of fused-ring (bicyclic) bond motifs is 1. The first kappa shape index (κ1) is 19.4. The lowest BCUT2D eigenvalue weighted by Gasteiger charge is -2.40. The second kappa shape index (κ2) is 7.46. The van der Waals surface area contributed by atoms with Crippen molar-refractivity contribution in [2.24, 2.45) is 17.8 Å². The van der Waals surface area contributed by atoms with E-state index >= 15 is 0 Å². The Morgan fingerprint density at radius 2 is 2.10 bits per heavy atom. The number of ether oxygens (including phenoxy) is 1. The molecule has 0 amide bonds. The van der Waals surface area contributed by atoms with Crippen LogP contribution in [0.3, 0.4) is 0 Å². The largest absolute Gasteiger partial charge is 0.460 e. The van der Waals surface area contributed by atoms with Gasteiger partial charge in [-0.3, -0.25) is 4.98 Å². The molecule has 2 aliphatic rings. The number of allylic oxidation sites excluding steroid dienone is 1. The summed E-state index contributed by atoms with van der Waals surface area (Å²) in [7, 11) is 0. The molecule has 5 unspecified atom stereocenters. The predicted molar refractivity (Wildman–Crippen MR) is 109 cm³/mol. The van der Waals surface area contributed by atoms with Gasteiger partial charge in [-0.1, -0.05) is 31.2 Å². The minimum Gasteiger partial charge on any atom is -0.460 e. The molecule has 0 bridgehead atoms. The number of carbonyl (C=O) groups excluding carboxylic acids is 1. The molecule has 1 saturated carbocycles. The zero-order valence-corrected chi connectivity index (χ0v) is 16.6. The number of hydrogen-bond acceptors (Lipinski definition) is 5. The van der Waals surface area contributed by atoms with Crippen molar-refractivity contribution in [1.82, 2.24) is 4.98 Å². The highest BCUT2D eigenvalue weighted by Gasteiger charge is 2.59. The van der Waals surface area contributed by atoms with Gasteiger partial charge in [-0.05, 0) is 61.4 Å². The molecule has 1 aliphatic heterocycles. The van der Waals surface area contributed by atoms with Crippen molar-refractivity contribution >= 4 is 12.0 Å². The van der Waals surface area contributed by atoms with Gasteiger partial charge in [-0.2, -0.15) is 5.26 Å². The molecule has 5 heteroatoms. The van der Waals surface area contributed by atoms with Gasteiger partial charge in [0, 0.05) is 17.7 Å². The number of esters is 1. The summed E-state index contributed by atoms with van der Waals surface area (Å²) < 4.78 is 5.36. The summed E-state index contributed by atoms with van der Waals surface area (Å²) in [6, 6.07) is 13.5. The van der Waals surface area contributed by atoms with Gasteiger partial charge in [0.05, 0.1) is 17.3 Å². The summed E-state index contributed by atoms with van der Waals surface area (Å²) in [5.74, 6) is -0.323. The average Bonchev–Trinajstić information content (AvgIpc) is 2.97.